The van der Waals surface area contributed by atoms with Crippen molar-refractivity contribution in [3.63, 3.8) is 0 Å². The van der Waals surface area contributed by atoms with Crippen LogP contribution in [-0.4, -0.2) is 22.5 Å². The van der Waals surface area contributed by atoms with E-state index >= 15 is 0 Å². The van der Waals surface area contributed by atoms with Crippen molar-refractivity contribution in [2.24, 2.45) is 0 Å². The summed E-state index contributed by atoms with van der Waals surface area (Å²) in [5.74, 6) is -0.936. The van der Waals surface area contributed by atoms with Gasteiger partial charge in [0.25, 0.3) is 5.69 Å². The Labute approximate surface area is 92.0 Å². The highest BCUT2D eigenvalue weighted by atomic mass is 16.6. The number of non-ortho nitro benzene ring substituents is 1. The quantitative estimate of drug-likeness (QED) is 0.581. The molecule has 0 saturated carbocycles. The van der Waals surface area contributed by atoms with Gasteiger partial charge in [-0.15, -0.1) is 0 Å². The van der Waals surface area contributed by atoms with Gasteiger partial charge < -0.3 is 10.4 Å². The summed E-state index contributed by atoms with van der Waals surface area (Å²) in [5, 5.41) is 21.7. The first kappa shape index (κ1) is 12.1. The minimum absolute atomic E-state index is 0.0224. The highest BCUT2D eigenvalue weighted by Crippen LogP contribution is 2.17. The Hall–Kier alpha value is -1.95. The van der Waals surface area contributed by atoms with Gasteiger partial charge in [0.2, 0.25) is 0 Å². The van der Waals surface area contributed by atoms with Crippen LogP contribution < -0.4 is 5.32 Å². The summed E-state index contributed by atoms with van der Waals surface area (Å²) in [6.45, 7) is 1.66. The fraction of sp³-hybridized carbons (Fsp3) is 0.300. The Bertz CT molecular complexity index is 388. The summed E-state index contributed by atoms with van der Waals surface area (Å²) in [7, 11) is 0. The van der Waals surface area contributed by atoms with Crippen molar-refractivity contribution >= 4 is 11.7 Å². The molecule has 0 aliphatic rings. The van der Waals surface area contributed by atoms with Gasteiger partial charge >= 0.3 is 5.97 Å². The molecule has 0 aliphatic heterocycles. The predicted octanol–water partition coefficient (Wildman–Crippen LogP) is 1.33. The Morgan fingerprint density at radius 1 is 1.50 bits per heavy atom. The molecule has 86 valence electrons. The van der Waals surface area contributed by atoms with E-state index in [4.69, 9.17) is 5.11 Å². The van der Waals surface area contributed by atoms with Gasteiger partial charge in [-0.05, 0) is 12.5 Å². The van der Waals surface area contributed by atoms with Gasteiger partial charge in [0.05, 0.1) is 11.5 Å². The number of carbonyl (C=O) groups is 1. The summed E-state index contributed by atoms with van der Waals surface area (Å²) in [4.78, 5) is 20.3. The Morgan fingerprint density at radius 2 is 2.06 bits per heavy atom. The molecule has 1 rings (SSSR count). The molecule has 1 atom stereocenters. The summed E-state index contributed by atoms with van der Waals surface area (Å²) in [6, 6.07) is 5.86. The zero-order chi connectivity index (χ0) is 12.1. The van der Waals surface area contributed by atoms with Crippen LogP contribution in [0.15, 0.2) is 24.3 Å². The number of nitro benzene ring substituents is 1. The summed E-state index contributed by atoms with van der Waals surface area (Å²) >= 11 is 0. The standard InChI is InChI=1S/C10H12N2O4/c1-7(11-6-10(13)14)8-2-4-9(5-3-8)12(15)16/h2-5,7,11H,6H2,1H3,(H,13,14)/t7-/m0/s1. The van der Waals surface area contributed by atoms with Crippen molar-refractivity contribution in [3.8, 4) is 0 Å². The van der Waals surface area contributed by atoms with E-state index in [0.717, 1.165) is 5.56 Å². The molecular formula is C10H12N2O4. The largest absolute Gasteiger partial charge is 0.480 e. The molecule has 0 saturated heterocycles. The van der Waals surface area contributed by atoms with Crippen LogP contribution in [0.3, 0.4) is 0 Å². The van der Waals surface area contributed by atoms with Crippen molar-refractivity contribution in [3.05, 3.63) is 39.9 Å². The normalized spacial score (nSPS) is 12.1. The molecule has 0 heterocycles. The number of benzene rings is 1. The van der Waals surface area contributed by atoms with Gasteiger partial charge in [0, 0.05) is 18.2 Å². The van der Waals surface area contributed by atoms with Gasteiger partial charge in [0.1, 0.15) is 0 Å². The van der Waals surface area contributed by atoms with Crippen molar-refractivity contribution in [1.29, 1.82) is 0 Å². The van der Waals surface area contributed by atoms with Crippen LogP contribution in [0.25, 0.3) is 0 Å². The van der Waals surface area contributed by atoms with E-state index < -0.39 is 10.9 Å². The summed E-state index contributed by atoms with van der Waals surface area (Å²) < 4.78 is 0. The highest BCUT2D eigenvalue weighted by molar-refractivity contribution is 5.69. The van der Waals surface area contributed by atoms with E-state index in [0.29, 0.717) is 0 Å². The van der Waals surface area contributed by atoms with Crippen molar-refractivity contribution in [1.82, 2.24) is 5.32 Å². The first-order valence-corrected chi connectivity index (χ1v) is 4.70. The Balaban J connectivity index is 2.66. The summed E-state index contributed by atoms with van der Waals surface area (Å²) in [6.07, 6.45) is 0. The molecule has 1 aromatic carbocycles. The third kappa shape index (κ3) is 3.32. The number of nitro groups is 1. The molecule has 16 heavy (non-hydrogen) atoms. The molecule has 0 fully saturated rings. The molecule has 6 heteroatoms. The number of nitrogens with zero attached hydrogens (tertiary/aromatic N) is 1. The number of carboxylic acids is 1. The minimum Gasteiger partial charge on any atom is -0.480 e. The number of aliphatic carboxylic acids is 1. The van der Waals surface area contributed by atoms with Gasteiger partial charge in [0.15, 0.2) is 0 Å². The summed E-state index contributed by atoms with van der Waals surface area (Å²) in [5.41, 5.74) is 0.834. The maximum atomic E-state index is 10.4. The van der Waals surface area contributed by atoms with Crippen molar-refractivity contribution in [2.45, 2.75) is 13.0 Å². The molecule has 0 unspecified atom stereocenters. The Kier molecular flexibility index (Phi) is 3.96. The smallest absolute Gasteiger partial charge is 0.317 e. The number of carboxylic acid groups (broad SMARTS) is 1. The SMILES string of the molecule is C[C@H](NCC(=O)O)c1ccc([N+](=O)[O-])cc1. The van der Waals surface area contributed by atoms with Gasteiger partial charge in [-0.25, -0.2) is 0 Å². The topological polar surface area (TPSA) is 92.5 Å². The van der Waals surface area contributed by atoms with E-state index in [1.807, 2.05) is 0 Å². The zero-order valence-corrected chi connectivity index (χ0v) is 8.71. The molecule has 0 aliphatic carbocycles. The maximum absolute atomic E-state index is 10.4. The van der Waals surface area contributed by atoms with Gasteiger partial charge in [-0.3, -0.25) is 14.9 Å². The van der Waals surface area contributed by atoms with Crippen LogP contribution >= 0.6 is 0 Å². The van der Waals surface area contributed by atoms with Crippen LogP contribution in [-0.2, 0) is 4.79 Å². The Morgan fingerprint density at radius 3 is 2.50 bits per heavy atom. The highest BCUT2D eigenvalue weighted by Gasteiger charge is 2.09. The van der Waals surface area contributed by atoms with E-state index in [9.17, 15) is 14.9 Å². The molecule has 0 spiro atoms. The van der Waals surface area contributed by atoms with E-state index in [1.165, 1.54) is 12.1 Å². The molecule has 2 N–H and O–H groups in total. The number of hydrogen-bond donors (Lipinski definition) is 2. The predicted molar refractivity (Wildman–Crippen MR) is 57.1 cm³/mol. The van der Waals surface area contributed by atoms with Crippen LogP contribution in [0.2, 0.25) is 0 Å². The fourth-order valence-electron chi connectivity index (χ4n) is 1.24. The lowest BCUT2D eigenvalue weighted by molar-refractivity contribution is -0.384. The number of rotatable bonds is 5. The average molecular weight is 224 g/mol. The zero-order valence-electron chi connectivity index (χ0n) is 8.71. The maximum Gasteiger partial charge on any atom is 0.317 e. The van der Waals surface area contributed by atoms with E-state index in [1.54, 1.807) is 19.1 Å². The molecule has 0 aromatic heterocycles. The second-order valence-electron chi connectivity index (χ2n) is 3.34. The third-order valence-electron chi connectivity index (χ3n) is 2.16. The van der Waals surface area contributed by atoms with Crippen molar-refractivity contribution < 1.29 is 14.8 Å². The molecule has 6 nitrogen and oxygen atoms in total. The van der Waals surface area contributed by atoms with Crippen LogP contribution in [0.1, 0.15) is 18.5 Å². The second-order valence-corrected chi connectivity index (χ2v) is 3.34. The first-order valence-electron chi connectivity index (χ1n) is 4.70. The van der Waals surface area contributed by atoms with Gasteiger partial charge in [-0.2, -0.15) is 0 Å². The van der Waals surface area contributed by atoms with Crippen LogP contribution in [0.4, 0.5) is 5.69 Å². The molecule has 0 bridgehead atoms. The number of nitrogens with one attached hydrogen (secondary N) is 1. The monoisotopic (exact) mass is 224 g/mol. The lowest BCUT2D eigenvalue weighted by atomic mass is 10.1. The molecule has 0 radical (unpaired) electrons. The lowest BCUT2D eigenvalue weighted by Crippen LogP contribution is -2.25. The second kappa shape index (κ2) is 5.22. The lowest BCUT2D eigenvalue weighted by Gasteiger charge is -2.11. The van der Waals surface area contributed by atoms with Crippen LogP contribution in [0, 0.1) is 10.1 Å². The average Bonchev–Trinajstić information content (AvgIpc) is 2.26. The van der Waals surface area contributed by atoms with Crippen LogP contribution in [0.5, 0.6) is 0 Å². The number of hydrogen-bond acceptors (Lipinski definition) is 4. The minimum atomic E-state index is -0.936. The fourth-order valence-corrected chi connectivity index (χ4v) is 1.24. The van der Waals surface area contributed by atoms with Gasteiger partial charge in [-0.1, -0.05) is 12.1 Å². The molecule has 0 amide bonds. The third-order valence-corrected chi connectivity index (χ3v) is 2.16. The molecule has 1 aromatic rings. The van der Waals surface area contributed by atoms with E-state index in [-0.39, 0.29) is 18.3 Å². The molecular weight excluding hydrogens is 212 g/mol. The van der Waals surface area contributed by atoms with Crippen molar-refractivity contribution in [2.75, 3.05) is 6.54 Å². The van der Waals surface area contributed by atoms with E-state index in [2.05, 4.69) is 5.32 Å². The first-order chi connectivity index (χ1) is 7.50.